The van der Waals surface area contributed by atoms with E-state index in [4.69, 9.17) is 5.73 Å². The molecule has 5 nitrogen and oxygen atoms in total. The first kappa shape index (κ1) is 13.9. The Balaban J connectivity index is 2.82. The molecule has 0 radical (unpaired) electrons. The minimum atomic E-state index is -0.407. The molecule has 3 N–H and O–H groups in total. The fraction of sp³-hybridized carbons (Fsp3) is 0.455. The number of anilines is 1. The van der Waals surface area contributed by atoms with Crippen molar-refractivity contribution in [2.24, 2.45) is 11.7 Å². The number of hydrogen-bond donors (Lipinski definition) is 2. The van der Waals surface area contributed by atoms with Gasteiger partial charge in [0.25, 0.3) is 5.69 Å². The Morgan fingerprint density at radius 3 is 2.71 bits per heavy atom. The van der Waals surface area contributed by atoms with E-state index in [1.807, 2.05) is 13.8 Å². The fourth-order valence-electron chi connectivity index (χ4n) is 1.27. The van der Waals surface area contributed by atoms with Crippen molar-refractivity contribution in [2.75, 3.05) is 11.9 Å². The van der Waals surface area contributed by atoms with Crippen molar-refractivity contribution in [3.8, 4) is 0 Å². The van der Waals surface area contributed by atoms with Gasteiger partial charge in [0.2, 0.25) is 0 Å². The van der Waals surface area contributed by atoms with Crippen molar-refractivity contribution in [2.45, 2.75) is 19.9 Å². The molecule has 0 saturated heterocycles. The first-order valence-electron chi connectivity index (χ1n) is 5.35. The van der Waals surface area contributed by atoms with Crippen molar-refractivity contribution in [3.63, 3.8) is 0 Å². The molecular formula is C11H16BrN3O2. The summed E-state index contributed by atoms with van der Waals surface area (Å²) in [6, 6.07) is 4.76. The highest BCUT2D eigenvalue weighted by Gasteiger charge is 2.15. The van der Waals surface area contributed by atoms with Crippen molar-refractivity contribution in [1.29, 1.82) is 0 Å². The lowest BCUT2D eigenvalue weighted by molar-refractivity contribution is -0.384. The van der Waals surface area contributed by atoms with Crippen LogP contribution in [0.4, 0.5) is 11.4 Å². The highest BCUT2D eigenvalue weighted by atomic mass is 79.9. The Morgan fingerprint density at radius 1 is 1.53 bits per heavy atom. The highest BCUT2D eigenvalue weighted by molar-refractivity contribution is 9.10. The molecule has 0 aliphatic rings. The van der Waals surface area contributed by atoms with Gasteiger partial charge in [-0.05, 0) is 18.1 Å². The van der Waals surface area contributed by atoms with Crippen molar-refractivity contribution in [3.05, 3.63) is 32.8 Å². The molecule has 0 heterocycles. The van der Waals surface area contributed by atoms with Crippen LogP contribution >= 0.6 is 15.9 Å². The van der Waals surface area contributed by atoms with Gasteiger partial charge in [-0.15, -0.1) is 0 Å². The number of nitro benzene ring substituents is 1. The van der Waals surface area contributed by atoms with E-state index in [0.29, 0.717) is 18.2 Å². The van der Waals surface area contributed by atoms with Crippen LogP contribution in [0.2, 0.25) is 0 Å². The average molecular weight is 302 g/mol. The van der Waals surface area contributed by atoms with Crippen molar-refractivity contribution < 1.29 is 4.92 Å². The minimum absolute atomic E-state index is 0.0337. The maximum absolute atomic E-state index is 10.8. The van der Waals surface area contributed by atoms with E-state index < -0.39 is 4.92 Å². The molecule has 94 valence electrons. The average Bonchev–Trinajstić information content (AvgIpc) is 2.25. The summed E-state index contributed by atoms with van der Waals surface area (Å²) < 4.78 is 0.795. The third-order valence-electron chi connectivity index (χ3n) is 2.54. The van der Waals surface area contributed by atoms with Crippen LogP contribution in [-0.4, -0.2) is 17.5 Å². The van der Waals surface area contributed by atoms with E-state index in [0.717, 1.165) is 4.47 Å². The molecule has 0 bridgehead atoms. The van der Waals surface area contributed by atoms with Crippen LogP contribution in [0.3, 0.4) is 0 Å². The third-order valence-corrected chi connectivity index (χ3v) is 3.03. The van der Waals surface area contributed by atoms with Gasteiger partial charge in [-0.3, -0.25) is 10.1 Å². The Kier molecular flexibility index (Phi) is 4.89. The third kappa shape index (κ3) is 3.98. The molecule has 1 unspecified atom stereocenters. The smallest absolute Gasteiger partial charge is 0.292 e. The molecule has 0 aliphatic carbocycles. The summed E-state index contributed by atoms with van der Waals surface area (Å²) in [5, 5.41) is 13.9. The molecular weight excluding hydrogens is 286 g/mol. The number of hydrogen-bond acceptors (Lipinski definition) is 4. The lowest BCUT2D eigenvalue weighted by Crippen LogP contribution is -2.34. The predicted octanol–water partition coefficient (Wildman–Crippen LogP) is 2.75. The summed E-state index contributed by atoms with van der Waals surface area (Å²) in [5.74, 6) is 0.328. The molecule has 1 atom stereocenters. The molecule has 0 saturated carbocycles. The van der Waals surface area contributed by atoms with Crippen LogP contribution in [0.5, 0.6) is 0 Å². The molecule has 0 amide bonds. The van der Waals surface area contributed by atoms with Gasteiger partial charge < -0.3 is 11.1 Å². The maximum atomic E-state index is 10.8. The molecule has 0 aliphatic heterocycles. The second-order valence-corrected chi connectivity index (χ2v) is 5.12. The normalized spacial score (nSPS) is 12.5. The Labute approximate surface area is 109 Å². The number of nitro groups is 1. The molecule has 6 heteroatoms. The number of nitrogens with zero attached hydrogens (tertiary/aromatic N) is 1. The van der Waals surface area contributed by atoms with Gasteiger partial charge in [0.15, 0.2) is 0 Å². The fourth-order valence-corrected chi connectivity index (χ4v) is 1.63. The molecule has 1 rings (SSSR count). The van der Waals surface area contributed by atoms with Gasteiger partial charge in [0.05, 0.1) is 4.92 Å². The molecule has 1 aromatic rings. The van der Waals surface area contributed by atoms with Crippen molar-refractivity contribution >= 4 is 27.3 Å². The van der Waals surface area contributed by atoms with Crippen molar-refractivity contribution in [1.82, 2.24) is 0 Å². The highest BCUT2D eigenvalue weighted by Crippen LogP contribution is 2.27. The lowest BCUT2D eigenvalue weighted by Gasteiger charge is -2.17. The molecule has 0 fully saturated rings. The van der Waals surface area contributed by atoms with E-state index in [-0.39, 0.29) is 11.7 Å². The largest absolute Gasteiger partial charge is 0.378 e. The van der Waals surface area contributed by atoms with Crippen LogP contribution in [0.25, 0.3) is 0 Å². The number of halogens is 1. The topological polar surface area (TPSA) is 81.2 Å². The second kappa shape index (κ2) is 5.97. The van der Waals surface area contributed by atoms with Gasteiger partial charge in [-0.2, -0.15) is 0 Å². The van der Waals surface area contributed by atoms with Crippen LogP contribution < -0.4 is 11.1 Å². The summed E-state index contributed by atoms with van der Waals surface area (Å²) >= 11 is 3.29. The first-order chi connectivity index (χ1) is 7.91. The van der Waals surface area contributed by atoms with E-state index in [1.165, 1.54) is 6.07 Å². The van der Waals surface area contributed by atoms with Gasteiger partial charge in [0.1, 0.15) is 5.69 Å². The van der Waals surface area contributed by atoms with E-state index in [2.05, 4.69) is 21.2 Å². The van der Waals surface area contributed by atoms with Gasteiger partial charge >= 0.3 is 0 Å². The quantitative estimate of drug-likeness (QED) is 0.647. The van der Waals surface area contributed by atoms with E-state index in [1.54, 1.807) is 12.1 Å². The standard InChI is InChI=1S/C11H16BrN3O2/c1-7(2)9(13)6-14-10-5-8(12)3-4-11(10)15(16)17/h3-5,7,9,14H,6,13H2,1-2H3. The predicted molar refractivity (Wildman–Crippen MR) is 72.1 cm³/mol. The van der Waals surface area contributed by atoms with Gasteiger partial charge in [-0.1, -0.05) is 29.8 Å². The summed E-state index contributed by atoms with van der Waals surface area (Å²) in [7, 11) is 0. The first-order valence-corrected chi connectivity index (χ1v) is 6.14. The molecule has 1 aromatic carbocycles. The Hall–Kier alpha value is -1.14. The summed E-state index contributed by atoms with van der Waals surface area (Å²) in [5.41, 5.74) is 6.43. The Bertz CT molecular complexity index is 410. The van der Waals surface area contributed by atoms with Crippen LogP contribution in [0.15, 0.2) is 22.7 Å². The van der Waals surface area contributed by atoms with Crippen LogP contribution in [0.1, 0.15) is 13.8 Å². The zero-order valence-corrected chi connectivity index (χ0v) is 11.4. The SMILES string of the molecule is CC(C)C(N)CNc1cc(Br)ccc1[N+](=O)[O-]. The molecule has 17 heavy (non-hydrogen) atoms. The molecule has 0 spiro atoms. The zero-order chi connectivity index (χ0) is 13.0. The number of nitrogens with one attached hydrogen (secondary N) is 1. The van der Waals surface area contributed by atoms with E-state index in [9.17, 15) is 10.1 Å². The monoisotopic (exact) mass is 301 g/mol. The maximum Gasteiger partial charge on any atom is 0.292 e. The Morgan fingerprint density at radius 2 is 2.18 bits per heavy atom. The number of benzene rings is 1. The zero-order valence-electron chi connectivity index (χ0n) is 9.81. The van der Waals surface area contributed by atoms with Gasteiger partial charge in [0, 0.05) is 23.1 Å². The number of rotatable bonds is 5. The van der Waals surface area contributed by atoms with Gasteiger partial charge in [-0.25, -0.2) is 0 Å². The van der Waals surface area contributed by atoms with Crippen LogP contribution in [0, 0.1) is 16.0 Å². The number of nitrogens with two attached hydrogens (primary N) is 1. The molecule has 0 aromatic heterocycles. The van der Waals surface area contributed by atoms with Crippen LogP contribution in [-0.2, 0) is 0 Å². The lowest BCUT2D eigenvalue weighted by atomic mass is 10.1. The summed E-state index contributed by atoms with van der Waals surface area (Å²) in [6.07, 6.45) is 0. The minimum Gasteiger partial charge on any atom is -0.378 e. The second-order valence-electron chi connectivity index (χ2n) is 4.21. The summed E-state index contributed by atoms with van der Waals surface area (Å²) in [4.78, 5) is 10.4. The van der Waals surface area contributed by atoms with E-state index >= 15 is 0 Å². The summed E-state index contributed by atoms with van der Waals surface area (Å²) in [6.45, 7) is 4.54.